The van der Waals surface area contributed by atoms with Crippen molar-refractivity contribution in [3.8, 4) is 12.3 Å². The molecule has 1 aromatic rings. The van der Waals surface area contributed by atoms with Crippen LogP contribution in [0.5, 0.6) is 0 Å². The molecule has 0 spiro atoms. The van der Waals surface area contributed by atoms with Gasteiger partial charge in [-0.15, -0.1) is 12.3 Å². The molecule has 0 radical (unpaired) electrons. The minimum atomic E-state index is -0.177. The van der Waals surface area contributed by atoms with Gasteiger partial charge in [-0.1, -0.05) is 18.2 Å². The molecule has 0 bridgehead atoms. The molecule has 1 N–H and O–H groups in total. The third kappa shape index (κ3) is 2.58. The maximum absolute atomic E-state index is 13.4. The van der Waals surface area contributed by atoms with Crippen LogP contribution in [0.2, 0.25) is 0 Å². The molecule has 0 aliphatic heterocycles. The number of nitrogens with one attached hydrogen (secondary N) is 1. The highest BCUT2D eigenvalue weighted by molar-refractivity contribution is 5.21. The van der Waals surface area contributed by atoms with E-state index in [2.05, 4.69) is 11.2 Å². The van der Waals surface area contributed by atoms with Gasteiger partial charge in [-0.2, -0.15) is 0 Å². The van der Waals surface area contributed by atoms with Gasteiger partial charge in [-0.05, 0) is 19.5 Å². The van der Waals surface area contributed by atoms with Gasteiger partial charge in [-0.3, -0.25) is 0 Å². The maximum Gasteiger partial charge on any atom is 0.127 e. The van der Waals surface area contributed by atoms with Crippen LogP contribution < -0.4 is 5.32 Å². The molecule has 14 heavy (non-hydrogen) atoms. The number of terminal acetylenes is 1. The minimum Gasteiger partial charge on any atom is -0.313 e. The van der Waals surface area contributed by atoms with Gasteiger partial charge in [0.2, 0.25) is 0 Å². The molecular weight excluding hydrogens is 177 g/mol. The van der Waals surface area contributed by atoms with Crippen molar-refractivity contribution in [1.82, 2.24) is 5.32 Å². The average Bonchev–Trinajstić information content (AvgIpc) is 2.21. The number of hydrogen-bond donors (Lipinski definition) is 1. The SMILES string of the molecule is C#CCCC(NC)c1ccccc1F. The Kier molecular flexibility index (Phi) is 4.15. The summed E-state index contributed by atoms with van der Waals surface area (Å²) in [5.41, 5.74) is 0.685. The molecule has 1 unspecified atom stereocenters. The highest BCUT2D eigenvalue weighted by Crippen LogP contribution is 2.20. The Morgan fingerprint density at radius 2 is 2.21 bits per heavy atom. The summed E-state index contributed by atoms with van der Waals surface area (Å²) in [6.07, 6.45) is 6.59. The summed E-state index contributed by atoms with van der Waals surface area (Å²) >= 11 is 0. The average molecular weight is 191 g/mol. The third-order valence-corrected chi connectivity index (χ3v) is 2.21. The molecule has 0 fully saturated rings. The lowest BCUT2D eigenvalue weighted by Crippen LogP contribution is -2.17. The van der Waals surface area contributed by atoms with E-state index >= 15 is 0 Å². The van der Waals surface area contributed by atoms with Crippen molar-refractivity contribution >= 4 is 0 Å². The molecular formula is C12H14FN. The number of hydrogen-bond acceptors (Lipinski definition) is 1. The zero-order valence-corrected chi connectivity index (χ0v) is 8.26. The highest BCUT2D eigenvalue weighted by Gasteiger charge is 2.11. The fourth-order valence-corrected chi connectivity index (χ4v) is 1.44. The predicted octanol–water partition coefficient (Wildman–Crippen LogP) is 2.50. The normalized spacial score (nSPS) is 12.1. The molecule has 0 aromatic heterocycles. The van der Waals surface area contributed by atoms with Crippen molar-refractivity contribution in [3.63, 3.8) is 0 Å². The number of halogens is 1. The van der Waals surface area contributed by atoms with Crippen LogP contribution in [-0.2, 0) is 0 Å². The van der Waals surface area contributed by atoms with Gasteiger partial charge in [0, 0.05) is 18.0 Å². The summed E-state index contributed by atoms with van der Waals surface area (Å²) in [6.45, 7) is 0. The van der Waals surface area contributed by atoms with Crippen molar-refractivity contribution in [2.45, 2.75) is 18.9 Å². The molecule has 2 heteroatoms. The van der Waals surface area contributed by atoms with Gasteiger partial charge >= 0.3 is 0 Å². The molecule has 1 atom stereocenters. The van der Waals surface area contributed by atoms with E-state index in [0.717, 1.165) is 6.42 Å². The van der Waals surface area contributed by atoms with Crippen molar-refractivity contribution in [2.24, 2.45) is 0 Å². The molecule has 0 aliphatic carbocycles. The van der Waals surface area contributed by atoms with Gasteiger partial charge in [0.1, 0.15) is 5.82 Å². The van der Waals surface area contributed by atoms with Gasteiger partial charge in [0.15, 0.2) is 0 Å². The lowest BCUT2D eigenvalue weighted by atomic mass is 10.0. The third-order valence-electron chi connectivity index (χ3n) is 2.21. The molecule has 1 nitrogen and oxygen atoms in total. The Labute approximate surface area is 84.3 Å². The number of rotatable bonds is 4. The molecule has 0 aliphatic rings. The summed E-state index contributed by atoms with van der Waals surface area (Å²) in [7, 11) is 1.81. The lowest BCUT2D eigenvalue weighted by molar-refractivity contribution is 0.514. The van der Waals surface area contributed by atoms with Gasteiger partial charge in [-0.25, -0.2) is 4.39 Å². The Hall–Kier alpha value is -1.33. The molecule has 0 heterocycles. The first-order valence-corrected chi connectivity index (χ1v) is 4.64. The second-order valence-electron chi connectivity index (χ2n) is 3.11. The van der Waals surface area contributed by atoms with E-state index in [1.807, 2.05) is 13.1 Å². The Morgan fingerprint density at radius 1 is 1.50 bits per heavy atom. The van der Waals surface area contributed by atoms with Crippen LogP contribution in [-0.4, -0.2) is 7.05 Å². The van der Waals surface area contributed by atoms with Crippen molar-refractivity contribution in [1.29, 1.82) is 0 Å². The van der Waals surface area contributed by atoms with Crippen molar-refractivity contribution in [3.05, 3.63) is 35.6 Å². The first-order valence-electron chi connectivity index (χ1n) is 4.64. The van der Waals surface area contributed by atoms with Gasteiger partial charge in [0.25, 0.3) is 0 Å². The standard InChI is InChI=1S/C12H14FN/c1-3-4-9-12(14-2)10-7-5-6-8-11(10)13/h1,5-8,12,14H,4,9H2,2H3. The smallest absolute Gasteiger partial charge is 0.127 e. The molecule has 0 amide bonds. The monoisotopic (exact) mass is 191 g/mol. The quantitative estimate of drug-likeness (QED) is 0.721. The summed E-state index contributed by atoms with van der Waals surface area (Å²) in [6, 6.07) is 6.78. The fraction of sp³-hybridized carbons (Fsp3) is 0.333. The first-order chi connectivity index (χ1) is 6.79. The Morgan fingerprint density at radius 3 is 2.79 bits per heavy atom. The highest BCUT2D eigenvalue weighted by atomic mass is 19.1. The van der Waals surface area contributed by atoms with Crippen LogP contribution >= 0.6 is 0 Å². The van der Waals surface area contributed by atoms with E-state index in [1.165, 1.54) is 6.07 Å². The fourth-order valence-electron chi connectivity index (χ4n) is 1.44. The van der Waals surface area contributed by atoms with Crippen LogP contribution in [0, 0.1) is 18.2 Å². The zero-order chi connectivity index (χ0) is 10.4. The Bertz CT molecular complexity index is 327. The van der Waals surface area contributed by atoms with E-state index in [9.17, 15) is 4.39 Å². The Balaban J connectivity index is 2.79. The van der Waals surface area contributed by atoms with Crippen molar-refractivity contribution < 1.29 is 4.39 Å². The molecule has 1 aromatic carbocycles. The summed E-state index contributed by atoms with van der Waals surface area (Å²) in [5, 5.41) is 3.06. The largest absolute Gasteiger partial charge is 0.313 e. The molecule has 0 saturated heterocycles. The van der Waals surface area contributed by atoms with Crippen LogP contribution in [0.1, 0.15) is 24.4 Å². The van der Waals surface area contributed by atoms with Gasteiger partial charge < -0.3 is 5.32 Å². The summed E-state index contributed by atoms with van der Waals surface area (Å²) in [5.74, 6) is 2.38. The van der Waals surface area contributed by atoms with E-state index < -0.39 is 0 Å². The minimum absolute atomic E-state index is 0.00671. The van der Waals surface area contributed by atoms with E-state index in [4.69, 9.17) is 6.42 Å². The molecule has 1 rings (SSSR count). The van der Waals surface area contributed by atoms with Crippen LogP contribution in [0.4, 0.5) is 4.39 Å². The number of benzene rings is 1. The molecule has 0 saturated carbocycles. The van der Waals surface area contributed by atoms with E-state index in [1.54, 1.807) is 12.1 Å². The second-order valence-corrected chi connectivity index (χ2v) is 3.11. The maximum atomic E-state index is 13.4. The predicted molar refractivity (Wildman–Crippen MR) is 56.3 cm³/mol. The topological polar surface area (TPSA) is 12.0 Å². The van der Waals surface area contributed by atoms with Crippen molar-refractivity contribution in [2.75, 3.05) is 7.05 Å². The molecule has 74 valence electrons. The summed E-state index contributed by atoms with van der Waals surface area (Å²) in [4.78, 5) is 0. The van der Waals surface area contributed by atoms with E-state index in [0.29, 0.717) is 12.0 Å². The van der Waals surface area contributed by atoms with E-state index in [-0.39, 0.29) is 11.9 Å². The summed E-state index contributed by atoms with van der Waals surface area (Å²) < 4.78 is 13.4. The van der Waals surface area contributed by atoms with Crippen LogP contribution in [0.25, 0.3) is 0 Å². The van der Waals surface area contributed by atoms with Crippen LogP contribution in [0.15, 0.2) is 24.3 Å². The first kappa shape index (κ1) is 10.7. The van der Waals surface area contributed by atoms with Crippen LogP contribution in [0.3, 0.4) is 0 Å². The van der Waals surface area contributed by atoms with Gasteiger partial charge in [0.05, 0.1) is 0 Å². The second kappa shape index (κ2) is 5.41. The lowest BCUT2D eigenvalue weighted by Gasteiger charge is -2.15. The zero-order valence-electron chi connectivity index (χ0n) is 8.26.